The molecule has 0 unspecified atom stereocenters. The Morgan fingerprint density at radius 1 is 1.70 bits per heavy atom. The molecule has 0 aromatic carbocycles. The van der Waals surface area contributed by atoms with E-state index < -0.39 is 5.97 Å². The third kappa shape index (κ3) is 3.33. The molecular weight excluding hydrogens is 296 g/mol. The van der Waals surface area contributed by atoms with Crippen molar-refractivity contribution in [2.75, 3.05) is 12.9 Å². The van der Waals surface area contributed by atoms with E-state index in [-0.39, 0.29) is 22.8 Å². The molecule has 0 radical (unpaired) electrons. The average molecular weight is 309 g/mol. The molecule has 0 atom stereocenters. The second-order valence-electron chi connectivity index (χ2n) is 4.46. The lowest BCUT2D eigenvalue weighted by Gasteiger charge is -2.10. The van der Waals surface area contributed by atoms with Gasteiger partial charge < -0.3 is 4.74 Å². The van der Waals surface area contributed by atoms with Gasteiger partial charge in [-0.15, -0.1) is 11.8 Å². The van der Waals surface area contributed by atoms with Gasteiger partial charge in [-0.25, -0.2) is 9.78 Å². The lowest BCUT2D eigenvalue weighted by Crippen LogP contribution is -2.11. The van der Waals surface area contributed by atoms with Crippen LogP contribution in [0, 0.1) is 11.3 Å². The molecule has 1 aromatic rings. The van der Waals surface area contributed by atoms with Gasteiger partial charge in [0.05, 0.1) is 11.1 Å². The van der Waals surface area contributed by atoms with E-state index in [9.17, 15) is 10.1 Å². The van der Waals surface area contributed by atoms with Crippen LogP contribution in [0.15, 0.2) is 22.7 Å². The molecule has 1 fully saturated rings. The lowest BCUT2D eigenvalue weighted by atomic mass is 10.1. The molecule has 20 heavy (non-hydrogen) atoms. The number of rotatable bonds is 5. The molecule has 1 aliphatic rings. The molecule has 0 saturated heterocycles. The number of esters is 1. The molecule has 0 aliphatic heterocycles. The summed E-state index contributed by atoms with van der Waals surface area (Å²) >= 11 is 6.93. The first-order valence-electron chi connectivity index (χ1n) is 6.06. The van der Waals surface area contributed by atoms with Gasteiger partial charge in [0, 0.05) is 16.6 Å². The zero-order valence-corrected chi connectivity index (χ0v) is 12.6. The Balaban J connectivity index is 2.38. The van der Waals surface area contributed by atoms with E-state index in [1.54, 1.807) is 6.07 Å². The van der Waals surface area contributed by atoms with E-state index >= 15 is 0 Å². The smallest absolute Gasteiger partial charge is 0.340 e. The van der Waals surface area contributed by atoms with E-state index in [2.05, 4.69) is 11.6 Å². The molecule has 2 rings (SSSR count). The topological polar surface area (TPSA) is 63.0 Å². The number of carbonyl (C=O) groups is 1. The van der Waals surface area contributed by atoms with Crippen LogP contribution in [0.25, 0.3) is 0 Å². The fourth-order valence-corrected chi connectivity index (χ4v) is 2.38. The molecule has 1 saturated carbocycles. The molecule has 4 nitrogen and oxygen atoms in total. The predicted octanol–water partition coefficient (Wildman–Crippen LogP) is 3.46. The summed E-state index contributed by atoms with van der Waals surface area (Å²) in [7, 11) is 0. The van der Waals surface area contributed by atoms with Crippen LogP contribution in [0.5, 0.6) is 0 Å². The Bertz CT molecular complexity index is 606. The number of aromatic nitrogens is 1. The third-order valence-electron chi connectivity index (χ3n) is 2.89. The summed E-state index contributed by atoms with van der Waals surface area (Å²) in [6.07, 6.45) is 3.97. The van der Waals surface area contributed by atoms with Crippen LogP contribution in [0.3, 0.4) is 0 Å². The largest absolute Gasteiger partial charge is 0.456 e. The molecule has 0 N–H and O–H groups in total. The Morgan fingerprint density at radius 2 is 2.40 bits per heavy atom. The Labute approximate surface area is 126 Å². The fraction of sp³-hybridized carbons (Fsp3) is 0.357. The zero-order valence-electron chi connectivity index (χ0n) is 11.0. The van der Waals surface area contributed by atoms with Crippen molar-refractivity contribution in [3.63, 3.8) is 0 Å². The first-order valence-corrected chi connectivity index (χ1v) is 7.66. The predicted molar refractivity (Wildman–Crippen MR) is 78.0 cm³/mol. The summed E-state index contributed by atoms with van der Waals surface area (Å²) in [5, 5.41) is 10.0. The molecule has 6 heteroatoms. The monoisotopic (exact) mass is 308 g/mol. The molecule has 1 heterocycles. The third-order valence-corrected chi connectivity index (χ3v) is 3.68. The van der Waals surface area contributed by atoms with Crippen molar-refractivity contribution in [2.45, 2.75) is 23.8 Å². The number of carbonyl (C=O) groups excluding carboxylic acids is 1. The van der Waals surface area contributed by atoms with Crippen molar-refractivity contribution in [1.82, 2.24) is 4.98 Å². The van der Waals surface area contributed by atoms with Crippen LogP contribution >= 0.6 is 23.4 Å². The van der Waals surface area contributed by atoms with Crippen molar-refractivity contribution in [2.24, 2.45) is 0 Å². The normalized spacial score (nSPS) is 13.7. The van der Waals surface area contributed by atoms with Crippen LogP contribution in [0.2, 0.25) is 0 Å². The van der Waals surface area contributed by atoms with E-state index in [1.165, 1.54) is 11.8 Å². The maximum atomic E-state index is 12.1. The number of nitrogens with zero attached hydrogens (tertiary/aromatic N) is 2. The highest BCUT2D eigenvalue weighted by atomic mass is 35.5. The molecule has 0 spiro atoms. The fourth-order valence-electron chi connectivity index (χ4n) is 1.77. The molecule has 0 bridgehead atoms. The molecule has 1 aromatic heterocycles. The molecule has 0 amide bonds. The maximum absolute atomic E-state index is 12.1. The first-order chi connectivity index (χ1) is 9.56. The van der Waals surface area contributed by atoms with Gasteiger partial charge in [0.15, 0.2) is 0 Å². The van der Waals surface area contributed by atoms with Gasteiger partial charge in [0.1, 0.15) is 17.7 Å². The van der Waals surface area contributed by atoms with Crippen molar-refractivity contribution >= 4 is 29.3 Å². The quantitative estimate of drug-likeness (QED) is 0.615. The van der Waals surface area contributed by atoms with Crippen molar-refractivity contribution in [1.29, 1.82) is 5.26 Å². The highest BCUT2D eigenvalue weighted by Crippen LogP contribution is 2.40. The van der Waals surface area contributed by atoms with Crippen molar-refractivity contribution in [3.8, 4) is 6.07 Å². The zero-order chi connectivity index (χ0) is 14.7. The Hall–Kier alpha value is -1.51. The van der Waals surface area contributed by atoms with Gasteiger partial charge in [-0.2, -0.15) is 5.26 Å². The van der Waals surface area contributed by atoms with Gasteiger partial charge in [-0.05, 0) is 25.2 Å². The van der Waals surface area contributed by atoms with Crippen LogP contribution in [0.1, 0.15) is 40.4 Å². The van der Waals surface area contributed by atoms with Gasteiger partial charge in [-0.1, -0.05) is 18.2 Å². The number of hydrogen-bond donors (Lipinski definition) is 0. The number of hydrogen-bond acceptors (Lipinski definition) is 5. The van der Waals surface area contributed by atoms with Gasteiger partial charge in [-0.3, -0.25) is 0 Å². The minimum absolute atomic E-state index is 0.0685. The van der Waals surface area contributed by atoms with Gasteiger partial charge >= 0.3 is 5.97 Å². The van der Waals surface area contributed by atoms with Gasteiger partial charge in [0.2, 0.25) is 0 Å². The van der Waals surface area contributed by atoms with Crippen LogP contribution in [-0.2, 0) is 4.74 Å². The summed E-state index contributed by atoms with van der Waals surface area (Å²) in [4.78, 5) is 16.5. The number of halogens is 1. The number of thioether (sulfide) groups is 1. The Kier molecular flexibility index (Phi) is 4.69. The minimum atomic E-state index is -0.567. The number of pyridine rings is 1. The minimum Gasteiger partial charge on any atom is -0.456 e. The summed E-state index contributed by atoms with van der Waals surface area (Å²) in [6.45, 7) is 3.39. The highest BCUT2D eigenvalue weighted by molar-refractivity contribution is 7.98. The average Bonchev–Trinajstić information content (AvgIpc) is 3.27. The summed E-state index contributed by atoms with van der Waals surface area (Å²) in [5.74, 6) is -0.175. The lowest BCUT2D eigenvalue weighted by molar-refractivity contribution is 0.0545. The van der Waals surface area contributed by atoms with E-state index in [4.69, 9.17) is 16.3 Å². The van der Waals surface area contributed by atoms with E-state index in [1.807, 2.05) is 12.3 Å². The first kappa shape index (κ1) is 14.9. The summed E-state index contributed by atoms with van der Waals surface area (Å²) < 4.78 is 5.03. The van der Waals surface area contributed by atoms with Crippen molar-refractivity contribution in [3.05, 3.63) is 34.5 Å². The molecular formula is C14H13ClN2O2S. The second-order valence-corrected chi connectivity index (χ2v) is 5.79. The summed E-state index contributed by atoms with van der Waals surface area (Å²) in [6, 6.07) is 3.69. The van der Waals surface area contributed by atoms with E-state index in [0.29, 0.717) is 10.9 Å². The van der Waals surface area contributed by atoms with Crippen molar-refractivity contribution < 1.29 is 9.53 Å². The highest BCUT2D eigenvalue weighted by Gasteiger charge is 2.28. The molecule has 1 aliphatic carbocycles. The van der Waals surface area contributed by atoms with Crippen LogP contribution < -0.4 is 0 Å². The molecule has 104 valence electrons. The summed E-state index contributed by atoms with van der Waals surface area (Å²) in [5.41, 5.74) is 1.36. The maximum Gasteiger partial charge on any atom is 0.340 e. The second kappa shape index (κ2) is 6.29. The van der Waals surface area contributed by atoms with Gasteiger partial charge in [0.25, 0.3) is 0 Å². The van der Waals surface area contributed by atoms with E-state index in [0.717, 1.165) is 18.5 Å². The van der Waals surface area contributed by atoms with Crippen LogP contribution in [0.4, 0.5) is 0 Å². The Morgan fingerprint density at radius 3 is 2.90 bits per heavy atom. The number of ether oxygens (including phenoxy) is 1. The SMILES string of the molecule is C=C(Cl)COC(=O)c1cc(C2CC2)nc(SC)c1C#N. The number of nitriles is 1. The standard InChI is InChI=1S/C14H13ClN2O2S/c1-8(15)7-19-14(18)10-5-12(9-3-4-9)17-13(20-2)11(10)6-16/h5,9H,1,3-4,7H2,2H3. The van der Waals surface area contributed by atoms with Crippen LogP contribution in [-0.4, -0.2) is 23.8 Å².